The zero-order valence-electron chi connectivity index (χ0n) is 34.0. The van der Waals surface area contributed by atoms with Gasteiger partial charge in [-0.15, -0.1) is 0 Å². The van der Waals surface area contributed by atoms with Crippen LogP contribution in [0.2, 0.25) is 0 Å². The minimum atomic E-state index is -0.306. The minimum Gasteiger partial charge on any atom is -0.344 e. The van der Waals surface area contributed by atoms with Crippen LogP contribution < -0.4 is 15.1 Å². The number of nitrogens with zero attached hydrogens (tertiary/aromatic N) is 4. The van der Waals surface area contributed by atoms with Gasteiger partial charge in [0.1, 0.15) is 12.0 Å². The van der Waals surface area contributed by atoms with Crippen molar-refractivity contribution in [1.29, 1.82) is 0 Å². The number of benzene rings is 9. The molecule has 62 heavy (non-hydrogen) atoms. The molecule has 0 aliphatic carbocycles. The van der Waals surface area contributed by atoms with Gasteiger partial charge in [0.05, 0.1) is 11.7 Å². The van der Waals surface area contributed by atoms with Crippen LogP contribution in [0.3, 0.4) is 0 Å². The smallest absolute Gasteiger partial charge is 0.159 e. The third-order valence-corrected chi connectivity index (χ3v) is 12.6. The van der Waals surface area contributed by atoms with Crippen LogP contribution in [-0.2, 0) is 0 Å². The molecule has 0 aromatic heterocycles. The number of allylic oxidation sites excluding steroid dienone is 2. The first-order chi connectivity index (χ1) is 30.6. The van der Waals surface area contributed by atoms with Crippen LogP contribution in [0.15, 0.2) is 223 Å². The van der Waals surface area contributed by atoms with Crippen LogP contribution in [0.25, 0.3) is 43.5 Å². The molecule has 0 saturated carbocycles. The molecule has 3 heterocycles. The SMILES string of the molecule is C=C1/C=C2/c3ccccc3N(c3cc(C4=NC(c5ccccc5)=NC(c5ccccc5)N4)cc4ccccc34)C2CN(c2ccc3ccccc3c2)c2cc3ccccc3cc21. The number of hydrogen-bond donors (Lipinski definition) is 1. The Morgan fingerprint density at radius 1 is 0.516 bits per heavy atom. The van der Waals surface area contributed by atoms with Crippen molar-refractivity contribution in [3.05, 3.63) is 241 Å². The van der Waals surface area contributed by atoms with E-state index in [2.05, 4.69) is 197 Å². The van der Waals surface area contributed by atoms with E-state index in [9.17, 15) is 0 Å². The average Bonchev–Trinajstić information content (AvgIpc) is 3.63. The van der Waals surface area contributed by atoms with Crippen LogP contribution in [-0.4, -0.2) is 24.3 Å². The van der Waals surface area contributed by atoms with Gasteiger partial charge in [0.2, 0.25) is 0 Å². The normalized spacial score (nSPS) is 17.9. The molecule has 0 spiro atoms. The molecule has 0 amide bonds. The zero-order chi connectivity index (χ0) is 41.1. The lowest BCUT2D eigenvalue weighted by Crippen LogP contribution is -2.39. The lowest BCUT2D eigenvalue weighted by molar-refractivity contribution is 0.674. The van der Waals surface area contributed by atoms with Gasteiger partial charge >= 0.3 is 0 Å². The van der Waals surface area contributed by atoms with Crippen molar-refractivity contribution < 1.29 is 0 Å². The molecule has 12 rings (SSSR count). The van der Waals surface area contributed by atoms with Gasteiger partial charge in [0, 0.05) is 51.2 Å². The number of para-hydroxylation sites is 1. The van der Waals surface area contributed by atoms with Gasteiger partial charge in [0.15, 0.2) is 5.84 Å². The van der Waals surface area contributed by atoms with Crippen molar-refractivity contribution in [3.8, 4) is 0 Å². The Morgan fingerprint density at radius 3 is 1.98 bits per heavy atom. The van der Waals surface area contributed by atoms with E-state index in [0.717, 1.165) is 56.1 Å². The second-order valence-corrected chi connectivity index (χ2v) is 16.3. The molecule has 5 heteroatoms. The van der Waals surface area contributed by atoms with Crippen LogP contribution in [0.5, 0.6) is 0 Å². The highest BCUT2D eigenvalue weighted by atomic mass is 15.3. The number of rotatable bonds is 5. The highest BCUT2D eigenvalue weighted by Gasteiger charge is 2.39. The van der Waals surface area contributed by atoms with Crippen LogP contribution in [0, 0.1) is 0 Å². The van der Waals surface area contributed by atoms with E-state index in [0.29, 0.717) is 12.4 Å². The fraction of sp³-hybridized carbons (Fsp3) is 0.0526. The molecule has 2 atom stereocenters. The summed E-state index contributed by atoms with van der Waals surface area (Å²) in [5.41, 5.74) is 12.2. The molecule has 0 bridgehead atoms. The molecule has 9 aromatic carbocycles. The van der Waals surface area contributed by atoms with E-state index in [1.807, 2.05) is 24.3 Å². The minimum absolute atomic E-state index is 0.0753. The molecular weight excluding hydrogens is 755 g/mol. The summed E-state index contributed by atoms with van der Waals surface area (Å²) in [6.07, 6.45) is 2.04. The van der Waals surface area contributed by atoms with E-state index in [1.54, 1.807) is 0 Å². The molecule has 5 nitrogen and oxygen atoms in total. The van der Waals surface area contributed by atoms with Gasteiger partial charge < -0.3 is 15.1 Å². The monoisotopic (exact) mass is 795 g/mol. The Hall–Kier alpha value is -8.02. The third kappa shape index (κ3) is 6.09. The van der Waals surface area contributed by atoms with E-state index in [-0.39, 0.29) is 12.2 Å². The van der Waals surface area contributed by atoms with Crippen molar-refractivity contribution in [2.45, 2.75) is 12.2 Å². The molecule has 3 aliphatic rings. The maximum atomic E-state index is 5.27. The quantitative estimate of drug-likeness (QED) is 0.189. The van der Waals surface area contributed by atoms with E-state index < -0.39 is 0 Å². The molecule has 0 saturated heterocycles. The van der Waals surface area contributed by atoms with Gasteiger partial charge in [0.25, 0.3) is 0 Å². The number of nitrogens with one attached hydrogen (secondary N) is 1. The molecule has 2 unspecified atom stereocenters. The average molecular weight is 796 g/mol. The van der Waals surface area contributed by atoms with Crippen LogP contribution in [0.4, 0.5) is 22.7 Å². The summed E-state index contributed by atoms with van der Waals surface area (Å²) in [4.78, 5) is 15.5. The van der Waals surface area contributed by atoms with Gasteiger partial charge in [-0.25, -0.2) is 9.98 Å². The molecule has 9 aromatic rings. The maximum Gasteiger partial charge on any atom is 0.159 e. The Balaban J connectivity index is 1.06. The predicted molar refractivity (Wildman–Crippen MR) is 260 cm³/mol. The van der Waals surface area contributed by atoms with E-state index in [4.69, 9.17) is 16.6 Å². The summed E-state index contributed by atoms with van der Waals surface area (Å²) >= 11 is 0. The Kier molecular flexibility index (Phi) is 8.46. The van der Waals surface area contributed by atoms with E-state index >= 15 is 0 Å². The van der Waals surface area contributed by atoms with Gasteiger partial charge in [-0.3, -0.25) is 0 Å². The first kappa shape index (κ1) is 35.9. The largest absolute Gasteiger partial charge is 0.344 e. The summed E-state index contributed by atoms with van der Waals surface area (Å²) in [5.74, 6) is 1.49. The van der Waals surface area contributed by atoms with Crippen molar-refractivity contribution in [1.82, 2.24) is 5.32 Å². The van der Waals surface area contributed by atoms with Gasteiger partial charge in [-0.2, -0.15) is 0 Å². The number of hydrogen-bond acceptors (Lipinski definition) is 5. The number of anilines is 4. The molecule has 1 N–H and O–H groups in total. The van der Waals surface area contributed by atoms with Crippen molar-refractivity contribution in [2.24, 2.45) is 9.98 Å². The summed E-state index contributed by atoms with van der Waals surface area (Å²) in [6, 6.07) is 71.7. The highest BCUT2D eigenvalue weighted by Crippen LogP contribution is 2.51. The predicted octanol–water partition coefficient (Wildman–Crippen LogP) is 13.4. The summed E-state index contributed by atoms with van der Waals surface area (Å²) in [5, 5.41) is 10.9. The summed E-state index contributed by atoms with van der Waals surface area (Å²) in [7, 11) is 0. The van der Waals surface area contributed by atoms with Crippen molar-refractivity contribution in [3.63, 3.8) is 0 Å². The van der Waals surface area contributed by atoms with Crippen molar-refractivity contribution in [2.75, 3.05) is 16.3 Å². The Labute approximate surface area is 361 Å². The lowest BCUT2D eigenvalue weighted by atomic mass is 9.91. The second-order valence-electron chi connectivity index (χ2n) is 16.3. The van der Waals surface area contributed by atoms with Crippen LogP contribution >= 0.6 is 0 Å². The fourth-order valence-corrected chi connectivity index (χ4v) is 9.65. The highest BCUT2D eigenvalue weighted by molar-refractivity contribution is 6.16. The molecule has 0 fully saturated rings. The molecule has 294 valence electrons. The number of amidine groups is 2. The van der Waals surface area contributed by atoms with E-state index in [1.165, 1.54) is 43.8 Å². The summed E-state index contributed by atoms with van der Waals surface area (Å²) < 4.78 is 0. The maximum absolute atomic E-state index is 5.27. The fourth-order valence-electron chi connectivity index (χ4n) is 9.65. The Bertz CT molecular complexity index is 3350. The third-order valence-electron chi connectivity index (χ3n) is 12.6. The number of fused-ring (bicyclic) bond motifs is 7. The lowest BCUT2D eigenvalue weighted by Gasteiger charge is -2.37. The standard InChI is InChI=1S/C57H41N5/c1-37-30-50-48-26-14-15-27-51(48)62(54(50)36-61(46-29-28-38-16-8-9-21-41(38)32-46)52-34-43-23-11-10-22-42(43)33-49(37)52)53-35-45(31-44-24-12-13-25-47(44)53)57-59-55(39-17-4-2-5-18-39)58-56(60-57)40-19-6-3-7-20-40/h2-35,54-55H,1,36H2,(H,58,59,60)/b50-30-. The molecule has 0 radical (unpaired) electrons. The molecule has 3 aliphatic heterocycles. The van der Waals surface area contributed by atoms with Crippen molar-refractivity contribution >= 4 is 77.9 Å². The first-order valence-corrected chi connectivity index (χ1v) is 21.3. The first-order valence-electron chi connectivity index (χ1n) is 21.3. The van der Waals surface area contributed by atoms with Crippen LogP contribution in [0.1, 0.15) is 34.0 Å². The summed E-state index contributed by atoms with van der Waals surface area (Å²) in [6.45, 7) is 5.50. The second kappa shape index (κ2) is 14.6. The van der Waals surface area contributed by atoms with Gasteiger partial charge in [-0.05, 0) is 92.2 Å². The molecular formula is C57H41N5. The van der Waals surface area contributed by atoms with Gasteiger partial charge in [-0.1, -0.05) is 164 Å². The Morgan fingerprint density at radius 2 is 1.18 bits per heavy atom. The number of aliphatic imine (C=N–C) groups is 2. The zero-order valence-corrected chi connectivity index (χ0v) is 34.0. The topological polar surface area (TPSA) is 43.2 Å².